The summed E-state index contributed by atoms with van der Waals surface area (Å²) in [5, 5.41) is 9.83. The zero-order chi connectivity index (χ0) is 14.3. The number of hydrogen-bond donors (Lipinski definition) is 1. The fourth-order valence-electron chi connectivity index (χ4n) is 2.03. The van der Waals surface area contributed by atoms with E-state index in [-0.39, 0.29) is 33.5 Å². The van der Waals surface area contributed by atoms with Gasteiger partial charge in [0.1, 0.15) is 0 Å². The molecule has 0 aliphatic carbocycles. The normalized spacial score (nSPS) is 14.4. The average molecular weight is 339 g/mol. The van der Waals surface area contributed by atoms with Crippen molar-refractivity contribution >= 4 is 35.9 Å². The number of ketones is 1. The summed E-state index contributed by atoms with van der Waals surface area (Å²) in [4.78, 5) is 22.9. The molecule has 1 aliphatic rings. The van der Waals surface area contributed by atoms with Crippen molar-refractivity contribution < 1.29 is 24.2 Å². The molecule has 1 aromatic heterocycles. The van der Waals surface area contributed by atoms with Gasteiger partial charge in [-0.2, -0.15) is 0 Å². The number of carbonyl (C=O) groups is 2. The second kappa shape index (κ2) is 4.96. The van der Waals surface area contributed by atoms with E-state index in [9.17, 15) is 9.59 Å². The summed E-state index contributed by atoms with van der Waals surface area (Å²) in [6.07, 6.45) is 0.0453. The molecule has 0 bridgehead atoms. The van der Waals surface area contributed by atoms with Gasteiger partial charge in [-0.05, 0) is 0 Å². The molecule has 1 N–H and O–H groups in total. The number of carboxylic acids is 1. The van der Waals surface area contributed by atoms with Gasteiger partial charge in [0.25, 0.3) is 0 Å². The predicted octanol–water partition coefficient (Wildman–Crippen LogP) is 1.92. The zero-order valence-electron chi connectivity index (χ0n) is 10.7. The molecule has 20 heavy (non-hydrogen) atoms. The third kappa shape index (κ3) is 2.32. The van der Waals surface area contributed by atoms with Crippen molar-refractivity contribution in [3.63, 3.8) is 0 Å². The monoisotopic (exact) mass is 340 g/mol. The Kier molecular flexibility index (Phi) is 3.28. The fourth-order valence-corrected chi connectivity index (χ4v) is 4.18. The Morgan fingerprint density at radius 1 is 1.30 bits per heavy atom. The van der Waals surface area contributed by atoms with Crippen molar-refractivity contribution in [1.29, 1.82) is 0 Å². The zero-order valence-corrected chi connectivity index (χ0v) is 12.4. The quantitative estimate of drug-likeness (QED) is 0.681. The van der Waals surface area contributed by atoms with E-state index in [2.05, 4.69) is 0 Å². The number of aliphatic carboxylic acids is 1. The van der Waals surface area contributed by atoms with Crippen molar-refractivity contribution in [1.82, 2.24) is 0 Å². The Morgan fingerprint density at radius 3 is 2.70 bits per heavy atom. The van der Waals surface area contributed by atoms with Crippen LogP contribution in [0.15, 0.2) is 18.2 Å². The number of Topliss-reactive ketones (excluding diaryl/α,β-unsaturated/α-hetero) is 1. The Balaban J connectivity index is 1.89. The molecule has 0 saturated heterocycles. The van der Waals surface area contributed by atoms with Crippen LogP contribution >= 0.6 is 0 Å². The van der Waals surface area contributed by atoms with Gasteiger partial charge >= 0.3 is 120 Å². The number of fused-ring (bicyclic) bond motifs is 2. The summed E-state index contributed by atoms with van der Waals surface area (Å²) >= 11 is -0.0916. The van der Waals surface area contributed by atoms with Crippen molar-refractivity contribution in [2.75, 3.05) is 6.79 Å². The summed E-state index contributed by atoms with van der Waals surface area (Å²) < 4.78 is 12.4. The minimum atomic E-state index is -0.942. The number of carboxylic acid groups (broad SMARTS) is 1. The van der Waals surface area contributed by atoms with Crippen LogP contribution < -0.4 is 9.47 Å². The summed E-state index contributed by atoms with van der Waals surface area (Å²) in [5.41, 5.74) is 0. The van der Waals surface area contributed by atoms with Gasteiger partial charge in [-0.15, -0.1) is 0 Å². The van der Waals surface area contributed by atoms with Crippen LogP contribution in [0.2, 0.25) is 0 Å². The van der Waals surface area contributed by atoms with E-state index in [0.29, 0.717) is 15.9 Å². The van der Waals surface area contributed by atoms with E-state index in [1.807, 2.05) is 18.2 Å². The molecule has 0 spiro atoms. The second-order valence-corrected chi connectivity index (χ2v) is 6.99. The molecule has 1 unspecified atom stereocenters. The third-order valence-corrected chi connectivity index (χ3v) is 5.59. The Morgan fingerprint density at radius 2 is 2.00 bits per heavy atom. The molecule has 0 radical (unpaired) electrons. The first-order chi connectivity index (χ1) is 9.54. The van der Waals surface area contributed by atoms with Gasteiger partial charge in [-0.3, -0.25) is 0 Å². The summed E-state index contributed by atoms with van der Waals surface area (Å²) in [5.74, 6) is -0.268. The van der Waals surface area contributed by atoms with Crippen LogP contribution in [0.5, 0.6) is 11.5 Å². The molecule has 1 aromatic carbocycles. The van der Waals surface area contributed by atoms with Gasteiger partial charge in [0.15, 0.2) is 0 Å². The second-order valence-electron chi connectivity index (χ2n) is 4.72. The molecule has 6 heteroatoms. The van der Waals surface area contributed by atoms with Gasteiger partial charge in [0.05, 0.1) is 0 Å². The molecular weight excluding hydrogens is 327 g/mol. The fraction of sp³-hybridized carbons (Fsp3) is 0.286. The van der Waals surface area contributed by atoms with Crippen LogP contribution in [0, 0.1) is 5.92 Å². The maximum absolute atomic E-state index is 12.1. The van der Waals surface area contributed by atoms with Crippen LogP contribution in [-0.4, -0.2) is 38.2 Å². The van der Waals surface area contributed by atoms with E-state index in [4.69, 9.17) is 14.6 Å². The number of ether oxygens (including phenoxy) is 2. The van der Waals surface area contributed by atoms with Crippen LogP contribution in [0.1, 0.15) is 22.6 Å². The van der Waals surface area contributed by atoms with E-state index in [0.717, 1.165) is 9.65 Å². The molecule has 3 rings (SSSR count). The van der Waals surface area contributed by atoms with Crippen LogP contribution in [0.3, 0.4) is 0 Å². The first-order valence-corrected chi connectivity index (χ1v) is 7.85. The van der Waals surface area contributed by atoms with E-state index in [1.165, 1.54) is 0 Å². The van der Waals surface area contributed by atoms with Crippen molar-refractivity contribution in [2.24, 2.45) is 5.92 Å². The van der Waals surface area contributed by atoms with Crippen molar-refractivity contribution in [3.05, 3.63) is 22.6 Å². The first-order valence-electron chi connectivity index (χ1n) is 6.14. The molecule has 2 heterocycles. The number of carbonyl (C=O) groups excluding carboxylic acids is 1. The van der Waals surface area contributed by atoms with Crippen molar-refractivity contribution in [2.45, 2.75) is 13.3 Å². The Bertz CT molecular complexity index is 662. The van der Waals surface area contributed by atoms with E-state index < -0.39 is 11.9 Å². The Labute approximate surface area is 120 Å². The van der Waals surface area contributed by atoms with Crippen LogP contribution in [0.25, 0.3) is 9.65 Å². The molecule has 1 atom stereocenters. The van der Waals surface area contributed by atoms with Crippen molar-refractivity contribution in [3.8, 4) is 11.5 Å². The maximum atomic E-state index is 12.1. The molecule has 1 aliphatic heterocycles. The average Bonchev–Trinajstić information content (AvgIpc) is 3.00. The Hall–Kier alpha value is -1.78. The van der Waals surface area contributed by atoms with Gasteiger partial charge in [0.2, 0.25) is 0 Å². The summed E-state index contributed by atoms with van der Waals surface area (Å²) in [6, 6.07) is 5.63. The van der Waals surface area contributed by atoms with Crippen LogP contribution in [-0.2, 0) is 4.79 Å². The molecule has 104 valence electrons. The summed E-state index contributed by atoms with van der Waals surface area (Å²) in [7, 11) is 0. The standard InChI is InChI=1S/C14H12O5Se/c1-7(14(16)17)2-9(15)13-4-8-3-10-11(19-6-18-10)5-12(8)20-13/h3-5,7H,2,6H2,1H3,(H,16,17). The molecule has 5 nitrogen and oxygen atoms in total. The number of benzene rings is 1. The molecule has 0 saturated carbocycles. The number of hydrogen-bond acceptors (Lipinski definition) is 4. The van der Waals surface area contributed by atoms with Gasteiger partial charge < -0.3 is 0 Å². The van der Waals surface area contributed by atoms with Gasteiger partial charge in [-0.25, -0.2) is 0 Å². The summed E-state index contributed by atoms with van der Waals surface area (Å²) in [6.45, 7) is 1.78. The van der Waals surface area contributed by atoms with E-state index >= 15 is 0 Å². The predicted molar refractivity (Wildman–Crippen MR) is 72.8 cm³/mol. The van der Waals surface area contributed by atoms with Gasteiger partial charge in [0, 0.05) is 0 Å². The minimum absolute atomic E-state index is 0.0453. The topological polar surface area (TPSA) is 72.8 Å². The SMILES string of the molecule is CC(CC(=O)c1cc2cc3c(cc2[se]1)OCO3)C(=O)O. The number of rotatable bonds is 4. The third-order valence-electron chi connectivity index (χ3n) is 3.20. The van der Waals surface area contributed by atoms with Gasteiger partial charge in [-0.1, -0.05) is 0 Å². The first kappa shape index (κ1) is 13.2. The molecule has 2 aromatic rings. The molecule has 0 fully saturated rings. The molecule has 0 amide bonds. The molecular formula is C14H12O5Se. The van der Waals surface area contributed by atoms with Crippen LogP contribution in [0.4, 0.5) is 0 Å². The van der Waals surface area contributed by atoms with E-state index in [1.54, 1.807) is 6.92 Å².